The predicted molar refractivity (Wildman–Crippen MR) is 175 cm³/mol. The summed E-state index contributed by atoms with van der Waals surface area (Å²) in [6, 6.07) is 27.2. The van der Waals surface area contributed by atoms with Gasteiger partial charge in [-0.3, -0.25) is 0 Å². The largest absolute Gasteiger partial charge is 0.395 e. The van der Waals surface area contributed by atoms with Crippen molar-refractivity contribution in [3.05, 3.63) is 84.9 Å². The van der Waals surface area contributed by atoms with Crippen LogP contribution in [-0.2, 0) is 16.4 Å². The lowest BCUT2D eigenvalue weighted by Gasteiger charge is -2.24. The van der Waals surface area contributed by atoms with Crippen molar-refractivity contribution in [3.63, 3.8) is 0 Å². The Balaban J connectivity index is 1.62. The average molecular weight is 599 g/mol. The third kappa shape index (κ3) is 6.49. The zero-order valence-electron chi connectivity index (χ0n) is 24.6. The Morgan fingerprint density at radius 2 is 1.51 bits per heavy atom. The molecule has 9 heteroatoms. The molecule has 1 heterocycles. The minimum atomic E-state index is -3.30. The molecule has 0 spiro atoms. The Hall–Kier alpha value is -4.05. The van der Waals surface area contributed by atoms with Crippen LogP contribution in [0.5, 0.6) is 0 Å². The number of aliphatic hydroxyl groups excluding tert-OH is 2. The van der Waals surface area contributed by atoms with Gasteiger partial charge in [-0.25, -0.2) is 8.42 Å². The number of azo groups is 1. The zero-order valence-corrected chi connectivity index (χ0v) is 25.5. The first-order valence-corrected chi connectivity index (χ1v) is 16.4. The van der Waals surface area contributed by atoms with Crippen LogP contribution in [0, 0.1) is 0 Å². The predicted octanol–water partition coefficient (Wildman–Crippen LogP) is 7.26. The highest BCUT2D eigenvalue weighted by molar-refractivity contribution is 7.91. The van der Waals surface area contributed by atoms with Gasteiger partial charge < -0.3 is 19.7 Å². The Kier molecular flexibility index (Phi) is 9.55. The fourth-order valence-corrected chi connectivity index (χ4v) is 6.31. The van der Waals surface area contributed by atoms with Gasteiger partial charge in [0.1, 0.15) is 0 Å². The van der Waals surface area contributed by atoms with Crippen LogP contribution in [0.2, 0.25) is 0 Å². The number of sulfone groups is 1. The van der Waals surface area contributed by atoms with Crippen molar-refractivity contribution in [2.24, 2.45) is 10.2 Å². The fourth-order valence-electron chi connectivity index (χ4n) is 5.43. The van der Waals surface area contributed by atoms with Gasteiger partial charge >= 0.3 is 0 Å². The molecule has 0 aliphatic rings. The Labute approximate surface area is 252 Å². The molecule has 0 aliphatic carbocycles. The topological polar surface area (TPSA) is 107 Å². The molecule has 0 aliphatic heterocycles. The van der Waals surface area contributed by atoms with Gasteiger partial charge in [-0.1, -0.05) is 44.5 Å². The number of para-hydroxylation sites is 1. The summed E-state index contributed by atoms with van der Waals surface area (Å²) in [6.45, 7) is 5.47. The Bertz CT molecular complexity index is 1840. The molecule has 5 aromatic rings. The molecule has 0 fully saturated rings. The number of anilines is 1. The van der Waals surface area contributed by atoms with Gasteiger partial charge in [-0.05, 0) is 72.6 Å². The molecule has 2 N–H and O–H groups in total. The van der Waals surface area contributed by atoms with Crippen molar-refractivity contribution >= 4 is 48.7 Å². The molecule has 8 nitrogen and oxygen atoms in total. The SMILES string of the molecule is CCCCn1c2ccccc2c2cc(-c3cc(N(CCO)CCO)ccc3N=Nc3ccc(S(=O)(=O)CC)cc3)ccc21. The first-order chi connectivity index (χ1) is 20.9. The first kappa shape index (κ1) is 30.4. The van der Waals surface area contributed by atoms with Crippen LogP contribution < -0.4 is 4.90 Å². The van der Waals surface area contributed by atoms with Gasteiger partial charge in [-0.2, -0.15) is 5.11 Å². The molecule has 0 amide bonds. The van der Waals surface area contributed by atoms with Crippen LogP contribution in [0.3, 0.4) is 0 Å². The minimum Gasteiger partial charge on any atom is -0.395 e. The van der Waals surface area contributed by atoms with Crippen molar-refractivity contribution in [1.29, 1.82) is 0 Å². The van der Waals surface area contributed by atoms with E-state index in [1.54, 1.807) is 31.2 Å². The number of hydrogen-bond acceptors (Lipinski definition) is 7. The summed E-state index contributed by atoms with van der Waals surface area (Å²) in [7, 11) is -3.30. The quantitative estimate of drug-likeness (QED) is 0.139. The summed E-state index contributed by atoms with van der Waals surface area (Å²) >= 11 is 0. The number of aromatic nitrogens is 1. The molecule has 0 bridgehead atoms. The normalized spacial score (nSPS) is 12.1. The van der Waals surface area contributed by atoms with Gasteiger partial charge in [0.05, 0.1) is 35.2 Å². The third-order valence-corrected chi connectivity index (χ3v) is 9.50. The zero-order chi connectivity index (χ0) is 30.4. The number of nitrogens with zero attached hydrogens (tertiary/aromatic N) is 4. The molecule has 0 saturated carbocycles. The number of aryl methyl sites for hydroxylation is 1. The lowest BCUT2D eigenvalue weighted by Crippen LogP contribution is -2.29. The highest BCUT2D eigenvalue weighted by atomic mass is 32.2. The average Bonchev–Trinajstić information content (AvgIpc) is 3.35. The molecule has 4 aromatic carbocycles. The van der Waals surface area contributed by atoms with Gasteiger partial charge in [-0.15, -0.1) is 5.11 Å². The van der Waals surface area contributed by atoms with E-state index >= 15 is 0 Å². The van der Waals surface area contributed by atoms with E-state index in [-0.39, 0.29) is 23.9 Å². The summed E-state index contributed by atoms with van der Waals surface area (Å²) in [5, 5.41) is 30.7. The molecule has 0 unspecified atom stereocenters. The Morgan fingerprint density at radius 3 is 2.21 bits per heavy atom. The summed E-state index contributed by atoms with van der Waals surface area (Å²) in [4.78, 5) is 2.20. The lowest BCUT2D eigenvalue weighted by atomic mass is 10.00. The molecule has 224 valence electrons. The molecule has 0 radical (unpaired) electrons. The van der Waals surface area contributed by atoms with Crippen molar-refractivity contribution in [2.75, 3.05) is 37.0 Å². The molecular formula is C34H38N4O4S. The van der Waals surface area contributed by atoms with Gasteiger partial charge in [0.25, 0.3) is 0 Å². The van der Waals surface area contributed by atoms with Crippen LogP contribution in [0.25, 0.3) is 32.9 Å². The fraction of sp³-hybridized carbons (Fsp3) is 0.294. The highest BCUT2D eigenvalue weighted by Gasteiger charge is 2.16. The number of aliphatic hydroxyl groups is 2. The number of rotatable bonds is 13. The van der Waals surface area contributed by atoms with E-state index in [1.165, 1.54) is 16.4 Å². The Morgan fingerprint density at radius 1 is 0.791 bits per heavy atom. The summed E-state index contributed by atoms with van der Waals surface area (Å²) in [5.74, 6) is 0.0365. The van der Waals surface area contributed by atoms with Gasteiger partial charge in [0.2, 0.25) is 0 Å². The highest BCUT2D eigenvalue weighted by Crippen LogP contribution is 2.39. The minimum absolute atomic E-state index is 0.0365. The smallest absolute Gasteiger partial charge is 0.178 e. The second-order valence-electron chi connectivity index (χ2n) is 10.5. The second kappa shape index (κ2) is 13.5. The van der Waals surface area contributed by atoms with Crippen molar-refractivity contribution in [3.8, 4) is 11.1 Å². The van der Waals surface area contributed by atoms with E-state index in [1.807, 2.05) is 23.1 Å². The third-order valence-electron chi connectivity index (χ3n) is 7.75. The second-order valence-corrected chi connectivity index (χ2v) is 12.8. The maximum absolute atomic E-state index is 12.2. The van der Waals surface area contributed by atoms with Crippen molar-refractivity contribution in [1.82, 2.24) is 4.57 Å². The van der Waals surface area contributed by atoms with E-state index in [0.717, 1.165) is 41.6 Å². The summed E-state index contributed by atoms with van der Waals surface area (Å²) in [6.07, 6.45) is 2.21. The van der Waals surface area contributed by atoms with E-state index in [2.05, 4.69) is 64.2 Å². The number of unbranched alkanes of at least 4 members (excludes halogenated alkanes) is 1. The molecular weight excluding hydrogens is 560 g/mol. The monoisotopic (exact) mass is 598 g/mol. The van der Waals surface area contributed by atoms with E-state index in [9.17, 15) is 18.6 Å². The molecule has 1 aromatic heterocycles. The van der Waals surface area contributed by atoms with Crippen molar-refractivity contribution in [2.45, 2.75) is 38.1 Å². The van der Waals surface area contributed by atoms with E-state index in [0.29, 0.717) is 24.5 Å². The molecule has 0 atom stereocenters. The van der Waals surface area contributed by atoms with E-state index in [4.69, 9.17) is 0 Å². The summed E-state index contributed by atoms with van der Waals surface area (Å²) in [5.41, 5.74) is 6.28. The maximum atomic E-state index is 12.2. The number of fused-ring (bicyclic) bond motifs is 3. The first-order valence-electron chi connectivity index (χ1n) is 14.8. The summed E-state index contributed by atoms with van der Waals surface area (Å²) < 4.78 is 26.8. The van der Waals surface area contributed by atoms with Crippen LogP contribution >= 0.6 is 0 Å². The van der Waals surface area contributed by atoms with Crippen LogP contribution in [0.15, 0.2) is 100 Å². The van der Waals surface area contributed by atoms with Gasteiger partial charge in [0, 0.05) is 52.7 Å². The van der Waals surface area contributed by atoms with Crippen LogP contribution in [-0.4, -0.2) is 55.3 Å². The number of hydrogen-bond donors (Lipinski definition) is 2. The standard InChI is InChI=1S/C34H38N4O4S/c1-3-5-18-38-33-9-7-6-8-29(33)31-23-25(10-17-34(31)38)30-24-27(37(19-21-39)20-22-40)13-16-32(30)36-35-26-11-14-28(15-12-26)43(41,42)4-2/h6-17,23-24,39-40H,3-5,18-22H2,1-2H3. The van der Waals surface area contributed by atoms with Crippen LogP contribution in [0.1, 0.15) is 26.7 Å². The maximum Gasteiger partial charge on any atom is 0.178 e. The lowest BCUT2D eigenvalue weighted by molar-refractivity contribution is 0.281. The molecule has 0 saturated heterocycles. The van der Waals surface area contributed by atoms with E-state index < -0.39 is 9.84 Å². The van der Waals surface area contributed by atoms with Crippen molar-refractivity contribution < 1.29 is 18.6 Å². The molecule has 43 heavy (non-hydrogen) atoms. The molecule has 5 rings (SSSR count). The number of benzene rings is 4. The van der Waals surface area contributed by atoms with Gasteiger partial charge in [0.15, 0.2) is 9.84 Å². The van der Waals surface area contributed by atoms with Crippen LogP contribution in [0.4, 0.5) is 17.1 Å².